The van der Waals surface area contributed by atoms with Gasteiger partial charge in [-0.3, -0.25) is 9.69 Å². The number of benzene rings is 1. The molecule has 3 saturated heterocycles. The van der Waals surface area contributed by atoms with Crippen molar-refractivity contribution in [1.29, 1.82) is 0 Å². The third kappa shape index (κ3) is 5.54. The lowest BCUT2D eigenvalue weighted by atomic mass is 9.92. The van der Waals surface area contributed by atoms with Crippen molar-refractivity contribution in [2.24, 2.45) is 5.92 Å². The summed E-state index contributed by atoms with van der Waals surface area (Å²) in [6.07, 6.45) is 7.75. The molecule has 1 aromatic rings. The van der Waals surface area contributed by atoms with E-state index in [-0.39, 0.29) is 17.9 Å². The molecule has 3 aliphatic rings. The van der Waals surface area contributed by atoms with Crippen molar-refractivity contribution in [2.45, 2.75) is 83.5 Å². The molecule has 2 atom stereocenters. The maximum absolute atomic E-state index is 12.7. The molecule has 4 rings (SSSR count). The van der Waals surface area contributed by atoms with Crippen molar-refractivity contribution in [3.8, 4) is 5.75 Å². The van der Waals surface area contributed by atoms with E-state index in [9.17, 15) is 13.2 Å². The van der Waals surface area contributed by atoms with Crippen LogP contribution in [-0.4, -0.2) is 68.1 Å². The number of nitrogens with zero attached hydrogens (tertiary/aromatic N) is 2. The van der Waals surface area contributed by atoms with Crippen molar-refractivity contribution in [3.05, 3.63) is 28.8 Å². The van der Waals surface area contributed by atoms with E-state index in [0.29, 0.717) is 31.6 Å². The minimum Gasteiger partial charge on any atom is -0.496 e. The molecule has 0 aliphatic carbocycles. The summed E-state index contributed by atoms with van der Waals surface area (Å²) in [6.45, 7) is 6.33. The van der Waals surface area contributed by atoms with E-state index in [4.69, 9.17) is 4.74 Å². The number of hydrogen-bond acceptors (Lipinski definition) is 5. The average molecular weight is 478 g/mol. The molecule has 2 bridgehead atoms. The largest absolute Gasteiger partial charge is 0.496 e. The minimum absolute atomic E-state index is 0.132. The summed E-state index contributed by atoms with van der Waals surface area (Å²) in [4.78, 5) is 15.4. The Bertz CT molecular complexity index is 958. The van der Waals surface area contributed by atoms with Crippen LogP contribution in [0.2, 0.25) is 0 Å². The van der Waals surface area contributed by atoms with Crippen LogP contribution in [0.4, 0.5) is 0 Å². The van der Waals surface area contributed by atoms with Gasteiger partial charge < -0.3 is 10.1 Å². The van der Waals surface area contributed by atoms with Crippen LogP contribution >= 0.6 is 0 Å². The van der Waals surface area contributed by atoms with Crippen molar-refractivity contribution in [2.75, 3.05) is 26.5 Å². The average Bonchev–Trinajstić information content (AvgIpc) is 2.99. The quantitative estimate of drug-likeness (QED) is 0.653. The van der Waals surface area contributed by atoms with Gasteiger partial charge in [0.25, 0.3) is 0 Å². The van der Waals surface area contributed by atoms with E-state index < -0.39 is 10.0 Å². The minimum atomic E-state index is -3.12. The molecular formula is C25H39N3O4S. The van der Waals surface area contributed by atoms with E-state index in [1.54, 1.807) is 7.11 Å². The zero-order valence-electron chi connectivity index (χ0n) is 20.5. The summed E-state index contributed by atoms with van der Waals surface area (Å²) in [7, 11) is -1.40. The van der Waals surface area contributed by atoms with Gasteiger partial charge in [-0.2, -0.15) is 0 Å². The standard InChI is InChI=1S/C25H39N3O4S/c1-17-18(2)24(32-3)8-5-20(17)16-28-22-6-7-23(28)15-21(14-22)26-25(29)13-19-9-11-27(12-10-19)33(4,30)31/h5,8,19,21-23H,6-7,9-16H2,1-4H3,(H,26,29). The second-order valence-corrected chi connectivity index (χ2v) is 12.3. The number of sulfonamides is 1. The molecule has 3 heterocycles. The predicted molar refractivity (Wildman–Crippen MR) is 130 cm³/mol. The van der Waals surface area contributed by atoms with Crippen molar-refractivity contribution in [1.82, 2.24) is 14.5 Å². The van der Waals surface area contributed by atoms with Gasteiger partial charge in [0, 0.05) is 44.2 Å². The molecule has 0 aromatic heterocycles. The van der Waals surface area contributed by atoms with Gasteiger partial charge in [0.05, 0.1) is 13.4 Å². The number of rotatable bonds is 7. The zero-order chi connectivity index (χ0) is 23.8. The second kappa shape index (κ2) is 9.92. The molecule has 1 N–H and O–H groups in total. The Morgan fingerprint density at radius 3 is 2.27 bits per heavy atom. The van der Waals surface area contributed by atoms with E-state index >= 15 is 0 Å². The van der Waals surface area contributed by atoms with Crippen LogP contribution < -0.4 is 10.1 Å². The van der Waals surface area contributed by atoms with Crippen LogP contribution in [0.1, 0.15) is 61.6 Å². The van der Waals surface area contributed by atoms with Gasteiger partial charge in [0.2, 0.25) is 15.9 Å². The molecule has 3 fully saturated rings. The molecular weight excluding hydrogens is 438 g/mol. The van der Waals surface area contributed by atoms with Gasteiger partial charge in [-0.05, 0) is 81.0 Å². The predicted octanol–water partition coefficient (Wildman–Crippen LogP) is 2.99. The monoisotopic (exact) mass is 477 g/mol. The second-order valence-electron chi connectivity index (χ2n) is 10.3. The highest BCUT2D eigenvalue weighted by Crippen LogP contribution is 2.38. The number of piperidine rings is 2. The first kappa shape index (κ1) is 24.5. The van der Waals surface area contributed by atoms with E-state index in [1.807, 2.05) is 0 Å². The summed E-state index contributed by atoms with van der Waals surface area (Å²) in [5, 5.41) is 3.31. The lowest BCUT2D eigenvalue weighted by molar-refractivity contribution is -0.123. The Morgan fingerprint density at radius 1 is 1.06 bits per heavy atom. The topological polar surface area (TPSA) is 79.0 Å². The molecule has 0 radical (unpaired) electrons. The fourth-order valence-electron chi connectivity index (χ4n) is 6.09. The normalized spacial score (nSPS) is 27.0. The Kier molecular flexibility index (Phi) is 7.36. The summed E-state index contributed by atoms with van der Waals surface area (Å²) in [6, 6.07) is 5.57. The SMILES string of the molecule is COc1ccc(CN2C3CCC2CC(NC(=O)CC2CCN(S(C)(=O)=O)CC2)C3)c(C)c1C. The van der Waals surface area contributed by atoms with E-state index in [0.717, 1.165) is 38.0 Å². The Morgan fingerprint density at radius 2 is 1.70 bits per heavy atom. The third-order valence-corrected chi connectivity index (χ3v) is 9.49. The molecule has 1 amide bonds. The Balaban J connectivity index is 1.28. The number of nitrogens with one attached hydrogen (secondary N) is 1. The number of hydrogen-bond donors (Lipinski definition) is 1. The van der Waals surface area contributed by atoms with E-state index in [2.05, 4.69) is 36.2 Å². The maximum Gasteiger partial charge on any atom is 0.220 e. The highest BCUT2D eigenvalue weighted by Gasteiger charge is 2.41. The third-order valence-electron chi connectivity index (χ3n) is 8.19. The molecule has 33 heavy (non-hydrogen) atoms. The van der Waals surface area contributed by atoms with Crippen molar-refractivity contribution < 1.29 is 17.9 Å². The molecule has 7 nitrogen and oxygen atoms in total. The zero-order valence-corrected chi connectivity index (χ0v) is 21.3. The molecule has 0 saturated carbocycles. The fourth-order valence-corrected chi connectivity index (χ4v) is 6.96. The summed E-state index contributed by atoms with van der Waals surface area (Å²) < 4.78 is 30.4. The van der Waals surface area contributed by atoms with Crippen molar-refractivity contribution >= 4 is 15.9 Å². The highest BCUT2D eigenvalue weighted by molar-refractivity contribution is 7.88. The molecule has 2 unspecified atom stereocenters. The Hall–Kier alpha value is -1.64. The van der Waals surface area contributed by atoms with Gasteiger partial charge in [-0.15, -0.1) is 0 Å². The lowest BCUT2D eigenvalue weighted by Crippen LogP contribution is -2.50. The smallest absolute Gasteiger partial charge is 0.220 e. The maximum atomic E-state index is 12.7. The van der Waals surface area contributed by atoms with Gasteiger partial charge in [0.1, 0.15) is 5.75 Å². The van der Waals surface area contributed by atoms with Crippen LogP contribution in [-0.2, 0) is 21.4 Å². The number of methoxy groups -OCH3 is 1. The van der Waals surface area contributed by atoms with Crippen molar-refractivity contribution in [3.63, 3.8) is 0 Å². The first-order chi connectivity index (χ1) is 15.7. The first-order valence-corrected chi connectivity index (χ1v) is 14.1. The number of carbonyl (C=O) groups excluding carboxylic acids is 1. The van der Waals surface area contributed by atoms with Crippen LogP contribution in [0.25, 0.3) is 0 Å². The van der Waals surface area contributed by atoms with Crippen LogP contribution in [0.15, 0.2) is 12.1 Å². The lowest BCUT2D eigenvalue weighted by Gasteiger charge is -2.40. The van der Waals surface area contributed by atoms with Crippen LogP contribution in [0, 0.1) is 19.8 Å². The summed E-state index contributed by atoms with van der Waals surface area (Å²) in [5.74, 6) is 1.36. The van der Waals surface area contributed by atoms with Gasteiger partial charge >= 0.3 is 0 Å². The number of ether oxygens (including phenoxy) is 1. The molecule has 8 heteroatoms. The fraction of sp³-hybridized carbons (Fsp3) is 0.720. The number of carbonyl (C=O) groups is 1. The van der Waals surface area contributed by atoms with Crippen LogP contribution in [0.3, 0.4) is 0 Å². The van der Waals surface area contributed by atoms with Gasteiger partial charge in [0.15, 0.2) is 0 Å². The summed E-state index contributed by atoms with van der Waals surface area (Å²) in [5.41, 5.74) is 3.89. The van der Waals surface area contributed by atoms with Gasteiger partial charge in [-0.1, -0.05) is 6.07 Å². The molecule has 1 aromatic carbocycles. The number of fused-ring (bicyclic) bond motifs is 2. The van der Waals surface area contributed by atoms with E-state index in [1.165, 1.54) is 40.1 Å². The van der Waals surface area contributed by atoms with Crippen LogP contribution in [0.5, 0.6) is 5.75 Å². The highest BCUT2D eigenvalue weighted by atomic mass is 32.2. The molecule has 184 valence electrons. The summed E-state index contributed by atoms with van der Waals surface area (Å²) >= 11 is 0. The molecule has 3 aliphatic heterocycles. The Labute approximate surface area is 198 Å². The first-order valence-electron chi connectivity index (χ1n) is 12.3. The number of amides is 1. The molecule has 0 spiro atoms. The van der Waals surface area contributed by atoms with Gasteiger partial charge in [-0.25, -0.2) is 12.7 Å².